The zero-order chi connectivity index (χ0) is 22.6. The van der Waals surface area contributed by atoms with Crippen LogP contribution in [-0.2, 0) is 14.8 Å². The number of anilines is 1. The molecule has 0 spiro atoms. The van der Waals surface area contributed by atoms with Crippen molar-refractivity contribution in [2.24, 2.45) is 0 Å². The molecule has 1 aliphatic heterocycles. The first-order valence-corrected chi connectivity index (χ1v) is 12.1. The van der Waals surface area contributed by atoms with Crippen molar-refractivity contribution >= 4 is 50.7 Å². The summed E-state index contributed by atoms with van der Waals surface area (Å²) in [6, 6.07) is 9.66. The van der Waals surface area contributed by atoms with Crippen LogP contribution in [0, 0.1) is 0 Å². The first-order chi connectivity index (χ1) is 14.7. The van der Waals surface area contributed by atoms with E-state index in [-0.39, 0.29) is 32.4 Å². The van der Waals surface area contributed by atoms with E-state index >= 15 is 0 Å². The Labute approximate surface area is 191 Å². The van der Waals surface area contributed by atoms with Gasteiger partial charge >= 0.3 is 0 Å². The van der Waals surface area contributed by atoms with Crippen molar-refractivity contribution in [3.8, 4) is 0 Å². The maximum Gasteiger partial charge on any atom is 0.261 e. The number of hydrogen-bond donors (Lipinski definition) is 2. The quantitative estimate of drug-likeness (QED) is 0.623. The lowest BCUT2D eigenvalue weighted by Gasteiger charge is -2.24. The van der Waals surface area contributed by atoms with Crippen LogP contribution < -0.4 is 10.0 Å². The minimum Gasteiger partial charge on any atom is -0.354 e. The highest BCUT2D eigenvalue weighted by Crippen LogP contribution is 2.27. The third-order valence-corrected chi connectivity index (χ3v) is 7.05. The highest BCUT2D eigenvalue weighted by Gasteiger charge is 2.34. The van der Waals surface area contributed by atoms with E-state index in [0.29, 0.717) is 25.1 Å². The first-order valence-electron chi connectivity index (χ1n) is 9.89. The normalized spacial score (nSPS) is 16.2. The van der Waals surface area contributed by atoms with E-state index < -0.39 is 16.1 Å². The number of sulfonamides is 1. The van der Waals surface area contributed by atoms with Gasteiger partial charge < -0.3 is 10.2 Å². The molecule has 31 heavy (non-hydrogen) atoms. The molecule has 1 heterocycles. The summed E-state index contributed by atoms with van der Waals surface area (Å²) in [6.45, 7) is 2.99. The first kappa shape index (κ1) is 23.4. The van der Waals surface area contributed by atoms with Gasteiger partial charge in [0.15, 0.2) is 0 Å². The smallest absolute Gasteiger partial charge is 0.261 e. The van der Waals surface area contributed by atoms with E-state index in [1.54, 1.807) is 18.2 Å². The van der Waals surface area contributed by atoms with Crippen LogP contribution in [0.15, 0.2) is 47.4 Å². The van der Waals surface area contributed by atoms with Gasteiger partial charge in [0.1, 0.15) is 6.04 Å². The maximum atomic E-state index is 13.0. The fourth-order valence-electron chi connectivity index (χ4n) is 3.39. The molecule has 0 unspecified atom stereocenters. The number of benzene rings is 2. The molecule has 1 atom stereocenters. The molecule has 2 N–H and O–H groups in total. The van der Waals surface area contributed by atoms with Gasteiger partial charge in [-0.05, 0) is 55.7 Å². The summed E-state index contributed by atoms with van der Waals surface area (Å²) in [4.78, 5) is 26.9. The molecular weight excluding hydrogens is 461 g/mol. The van der Waals surface area contributed by atoms with Crippen molar-refractivity contribution in [2.45, 2.75) is 37.1 Å². The number of halogens is 2. The lowest BCUT2D eigenvalue weighted by molar-refractivity contribution is -0.124. The van der Waals surface area contributed by atoms with Crippen LogP contribution in [0.25, 0.3) is 0 Å². The Morgan fingerprint density at radius 2 is 1.90 bits per heavy atom. The van der Waals surface area contributed by atoms with E-state index in [2.05, 4.69) is 10.0 Å². The molecule has 0 aliphatic carbocycles. The molecule has 0 radical (unpaired) electrons. The van der Waals surface area contributed by atoms with Crippen LogP contribution in [0.4, 0.5) is 5.69 Å². The summed E-state index contributed by atoms with van der Waals surface area (Å²) in [5.74, 6) is -0.478. The predicted octanol–water partition coefficient (Wildman–Crippen LogP) is 3.93. The molecule has 0 bridgehead atoms. The number of rotatable bonds is 7. The van der Waals surface area contributed by atoms with E-state index in [9.17, 15) is 18.0 Å². The van der Waals surface area contributed by atoms with Crippen LogP contribution in [0.1, 0.15) is 36.5 Å². The number of nitrogens with zero attached hydrogens (tertiary/aromatic N) is 1. The average Bonchev–Trinajstić information content (AvgIpc) is 3.23. The van der Waals surface area contributed by atoms with Gasteiger partial charge in [0.25, 0.3) is 15.9 Å². The number of amides is 2. The minimum absolute atomic E-state index is 0.0502. The molecule has 2 aromatic carbocycles. The summed E-state index contributed by atoms with van der Waals surface area (Å²) in [5, 5.41) is 3.20. The SMILES string of the molecule is CCCNC(=O)[C@H]1CCCN1C(=O)c1cccc(NS(=O)(=O)c2ccc(Cl)c(Cl)c2)c1. The second kappa shape index (κ2) is 9.89. The zero-order valence-corrected chi connectivity index (χ0v) is 19.2. The van der Waals surface area contributed by atoms with Gasteiger partial charge in [0, 0.05) is 24.3 Å². The molecule has 3 rings (SSSR count). The summed E-state index contributed by atoms with van der Waals surface area (Å²) in [5.41, 5.74) is 0.521. The van der Waals surface area contributed by atoms with Crippen molar-refractivity contribution in [1.29, 1.82) is 0 Å². The fourth-order valence-corrected chi connectivity index (χ4v) is 4.83. The molecule has 0 aromatic heterocycles. The molecule has 10 heteroatoms. The summed E-state index contributed by atoms with van der Waals surface area (Å²) >= 11 is 11.8. The van der Waals surface area contributed by atoms with Gasteiger partial charge in [-0.2, -0.15) is 0 Å². The molecule has 7 nitrogen and oxygen atoms in total. The molecule has 1 saturated heterocycles. The molecule has 2 aromatic rings. The fraction of sp³-hybridized carbons (Fsp3) is 0.333. The van der Waals surface area contributed by atoms with Gasteiger partial charge in [-0.25, -0.2) is 8.42 Å². The maximum absolute atomic E-state index is 13.0. The molecule has 166 valence electrons. The number of likely N-dealkylation sites (tertiary alicyclic amines) is 1. The lowest BCUT2D eigenvalue weighted by Crippen LogP contribution is -2.46. The summed E-state index contributed by atoms with van der Waals surface area (Å²) in [6.07, 6.45) is 2.15. The monoisotopic (exact) mass is 483 g/mol. The lowest BCUT2D eigenvalue weighted by atomic mass is 10.1. The predicted molar refractivity (Wildman–Crippen MR) is 121 cm³/mol. The van der Waals surface area contributed by atoms with Crippen molar-refractivity contribution in [1.82, 2.24) is 10.2 Å². The molecule has 0 saturated carbocycles. The topological polar surface area (TPSA) is 95.6 Å². The van der Waals surface area contributed by atoms with Crippen molar-refractivity contribution < 1.29 is 18.0 Å². The third kappa shape index (κ3) is 5.50. The van der Waals surface area contributed by atoms with Crippen LogP contribution in [-0.4, -0.2) is 44.3 Å². The largest absolute Gasteiger partial charge is 0.354 e. The zero-order valence-electron chi connectivity index (χ0n) is 16.9. The van der Waals surface area contributed by atoms with Crippen LogP contribution in [0.2, 0.25) is 10.0 Å². The second-order valence-electron chi connectivity index (χ2n) is 7.21. The van der Waals surface area contributed by atoms with Gasteiger partial charge in [0.05, 0.1) is 14.9 Å². The number of hydrogen-bond acceptors (Lipinski definition) is 4. The summed E-state index contributed by atoms with van der Waals surface area (Å²) in [7, 11) is -3.93. The Morgan fingerprint density at radius 1 is 1.13 bits per heavy atom. The van der Waals surface area contributed by atoms with Crippen molar-refractivity contribution in [2.75, 3.05) is 17.8 Å². The highest BCUT2D eigenvalue weighted by atomic mass is 35.5. The van der Waals surface area contributed by atoms with E-state index in [1.165, 1.54) is 29.2 Å². The second-order valence-corrected chi connectivity index (χ2v) is 9.71. The van der Waals surface area contributed by atoms with E-state index in [4.69, 9.17) is 23.2 Å². The Balaban J connectivity index is 1.78. The molecule has 1 aliphatic rings. The van der Waals surface area contributed by atoms with Gasteiger partial charge in [-0.3, -0.25) is 14.3 Å². The van der Waals surface area contributed by atoms with Crippen LogP contribution >= 0.6 is 23.2 Å². The number of carbonyl (C=O) groups is 2. The minimum atomic E-state index is -3.93. The third-order valence-electron chi connectivity index (χ3n) is 4.93. The summed E-state index contributed by atoms with van der Waals surface area (Å²) < 4.78 is 27.8. The van der Waals surface area contributed by atoms with E-state index in [1.807, 2.05) is 6.92 Å². The van der Waals surface area contributed by atoms with Crippen LogP contribution in [0.3, 0.4) is 0 Å². The van der Waals surface area contributed by atoms with Gasteiger partial charge in [0.2, 0.25) is 5.91 Å². The number of nitrogens with one attached hydrogen (secondary N) is 2. The Morgan fingerprint density at radius 3 is 2.61 bits per heavy atom. The average molecular weight is 484 g/mol. The van der Waals surface area contributed by atoms with Gasteiger partial charge in [-0.1, -0.05) is 36.2 Å². The standard InChI is InChI=1S/C21H23Cl2N3O4S/c1-2-10-24-20(27)19-7-4-11-26(19)21(28)14-5-3-6-15(12-14)25-31(29,30)16-8-9-17(22)18(23)13-16/h3,5-6,8-9,12-13,19,25H,2,4,7,10-11H2,1H3,(H,24,27)/t19-/m1/s1. The molecule has 1 fully saturated rings. The molecular formula is C21H23Cl2N3O4S. The Kier molecular flexibility index (Phi) is 7.46. The van der Waals surface area contributed by atoms with Gasteiger partial charge in [-0.15, -0.1) is 0 Å². The Hall–Kier alpha value is -2.29. The van der Waals surface area contributed by atoms with E-state index in [0.717, 1.165) is 12.8 Å². The van der Waals surface area contributed by atoms with Crippen LogP contribution in [0.5, 0.6) is 0 Å². The highest BCUT2D eigenvalue weighted by molar-refractivity contribution is 7.92. The van der Waals surface area contributed by atoms with Crippen molar-refractivity contribution in [3.63, 3.8) is 0 Å². The number of carbonyl (C=O) groups excluding carboxylic acids is 2. The molecule has 2 amide bonds. The van der Waals surface area contributed by atoms with Crippen molar-refractivity contribution in [3.05, 3.63) is 58.1 Å². The Bertz CT molecular complexity index is 1090.